The van der Waals surface area contributed by atoms with Crippen LogP contribution < -0.4 is 5.84 Å². The molecule has 0 rings (SSSR count). The minimum absolute atomic E-state index is 0.591. The van der Waals surface area contributed by atoms with Gasteiger partial charge in [-0.15, -0.1) is 0 Å². The summed E-state index contributed by atoms with van der Waals surface area (Å²) in [7, 11) is -0.591. The molecule has 0 heterocycles. The molecule has 0 aromatic heterocycles. The fraction of sp³-hybridized carbons (Fsp3) is 0.750. The predicted octanol–water partition coefficient (Wildman–Crippen LogP) is 0.582. The Labute approximate surface area is 46.1 Å². The standard InChI is InChI=1S/C4H12N2S/c1-7(2,3)4-6-5/h4H,5H2,1-3H3/b6-4+. The lowest BCUT2D eigenvalue weighted by molar-refractivity contribution is 1.27. The van der Waals surface area contributed by atoms with Crippen LogP contribution in [0, 0.1) is 0 Å². The van der Waals surface area contributed by atoms with Crippen molar-refractivity contribution < 1.29 is 0 Å². The average molecular weight is 120 g/mol. The summed E-state index contributed by atoms with van der Waals surface area (Å²) in [5, 5.41) is 3.42. The van der Waals surface area contributed by atoms with Crippen molar-refractivity contribution in [3.8, 4) is 0 Å². The number of hydrogen-bond donors (Lipinski definition) is 1. The van der Waals surface area contributed by atoms with Gasteiger partial charge in [0.05, 0.1) is 5.55 Å². The van der Waals surface area contributed by atoms with Gasteiger partial charge in [0, 0.05) is 0 Å². The smallest absolute Gasteiger partial charge is 0.0618 e. The van der Waals surface area contributed by atoms with Gasteiger partial charge in [-0.05, 0) is 18.8 Å². The zero-order valence-corrected chi connectivity index (χ0v) is 5.83. The highest BCUT2D eigenvalue weighted by molar-refractivity contribution is 8.42. The molecule has 0 spiro atoms. The second-order valence-electron chi connectivity index (χ2n) is 2.19. The van der Waals surface area contributed by atoms with Crippen molar-refractivity contribution >= 4 is 15.6 Å². The molecule has 0 saturated carbocycles. The number of hydrogen-bond acceptors (Lipinski definition) is 2. The molecule has 2 nitrogen and oxygen atoms in total. The monoisotopic (exact) mass is 120 g/mol. The number of hydrazone groups is 1. The number of nitrogens with zero attached hydrogens (tertiary/aromatic N) is 1. The lowest BCUT2D eigenvalue weighted by Crippen LogP contribution is -1.93. The zero-order valence-electron chi connectivity index (χ0n) is 5.01. The Bertz CT molecular complexity index is 72.2. The molecule has 0 fully saturated rings. The van der Waals surface area contributed by atoms with Crippen LogP contribution in [0.4, 0.5) is 0 Å². The highest BCUT2D eigenvalue weighted by Gasteiger charge is 1.94. The van der Waals surface area contributed by atoms with Crippen molar-refractivity contribution in [2.45, 2.75) is 0 Å². The molecule has 0 aromatic rings. The Morgan fingerprint density at radius 3 is 1.86 bits per heavy atom. The summed E-state index contributed by atoms with van der Waals surface area (Å²) in [6.45, 7) is 0. The van der Waals surface area contributed by atoms with Crippen LogP contribution in [0.25, 0.3) is 0 Å². The first-order valence-corrected chi connectivity index (χ1v) is 4.90. The molecule has 3 heteroatoms. The molecule has 0 aliphatic carbocycles. The Hall–Kier alpha value is -0.180. The minimum Gasteiger partial charge on any atom is -0.323 e. The highest BCUT2D eigenvalue weighted by atomic mass is 32.3. The molecule has 0 saturated heterocycles. The summed E-state index contributed by atoms with van der Waals surface area (Å²) in [5.74, 6) is 4.90. The molecule has 44 valence electrons. The van der Waals surface area contributed by atoms with Crippen LogP contribution in [-0.2, 0) is 0 Å². The van der Waals surface area contributed by atoms with Crippen LogP contribution in [0.3, 0.4) is 0 Å². The van der Waals surface area contributed by atoms with Gasteiger partial charge in [0.1, 0.15) is 0 Å². The van der Waals surface area contributed by atoms with Crippen LogP contribution >= 0.6 is 10.0 Å². The molecule has 0 amide bonds. The SMILES string of the molecule is CS(C)(C)/C=N/N. The predicted molar refractivity (Wildman–Crippen MR) is 38.0 cm³/mol. The van der Waals surface area contributed by atoms with E-state index in [1.807, 2.05) is 0 Å². The molecule has 0 aliphatic heterocycles. The third kappa shape index (κ3) is 5.82. The van der Waals surface area contributed by atoms with Gasteiger partial charge in [-0.2, -0.15) is 5.10 Å². The molecule has 0 aliphatic rings. The topological polar surface area (TPSA) is 38.4 Å². The summed E-state index contributed by atoms with van der Waals surface area (Å²) in [5.41, 5.74) is 1.80. The third-order valence-corrected chi connectivity index (χ3v) is 1.13. The van der Waals surface area contributed by atoms with Crippen LogP contribution in [-0.4, -0.2) is 24.3 Å². The summed E-state index contributed by atoms with van der Waals surface area (Å²) < 4.78 is 0. The van der Waals surface area contributed by atoms with Gasteiger partial charge in [0.2, 0.25) is 0 Å². The van der Waals surface area contributed by atoms with E-state index in [1.165, 1.54) is 0 Å². The quantitative estimate of drug-likeness (QED) is 0.234. The Morgan fingerprint density at radius 2 is 1.86 bits per heavy atom. The van der Waals surface area contributed by atoms with E-state index in [1.54, 1.807) is 5.55 Å². The highest BCUT2D eigenvalue weighted by Crippen LogP contribution is 2.29. The Balaban J connectivity index is 3.56. The van der Waals surface area contributed by atoms with E-state index in [0.29, 0.717) is 0 Å². The van der Waals surface area contributed by atoms with Crippen molar-refractivity contribution in [2.75, 3.05) is 18.8 Å². The molecule has 0 bridgehead atoms. The van der Waals surface area contributed by atoms with Crippen LogP contribution in [0.15, 0.2) is 5.10 Å². The lowest BCUT2D eigenvalue weighted by Gasteiger charge is -2.16. The minimum atomic E-state index is -0.591. The maximum atomic E-state index is 4.90. The van der Waals surface area contributed by atoms with E-state index in [-0.39, 0.29) is 0 Å². The van der Waals surface area contributed by atoms with Gasteiger partial charge in [0.15, 0.2) is 0 Å². The first-order valence-electron chi connectivity index (χ1n) is 1.98. The number of rotatable bonds is 1. The van der Waals surface area contributed by atoms with Crippen molar-refractivity contribution in [1.82, 2.24) is 0 Å². The molecule has 2 N–H and O–H groups in total. The van der Waals surface area contributed by atoms with Gasteiger partial charge in [0.25, 0.3) is 0 Å². The molecular formula is C4H12N2S. The van der Waals surface area contributed by atoms with Gasteiger partial charge < -0.3 is 5.84 Å². The van der Waals surface area contributed by atoms with Gasteiger partial charge in [-0.1, -0.05) is 0 Å². The lowest BCUT2D eigenvalue weighted by atomic mass is 11.7. The molecule has 0 atom stereocenters. The van der Waals surface area contributed by atoms with Crippen molar-refractivity contribution in [3.63, 3.8) is 0 Å². The number of nitrogens with two attached hydrogens (primary N) is 1. The summed E-state index contributed by atoms with van der Waals surface area (Å²) in [4.78, 5) is 0. The fourth-order valence-corrected chi connectivity index (χ4v) is 0.548. The largest absolute Gasteiger partial charge is 0.323 e. The van der Waals surface area contributed by atoms with Crippen LogP contribution in [0.2, 0.25) is 0 Å². The summed E-state index contributed by atoms with van der Waals surface area (Å²) in [6.07, 6.45) is 6.38. The maximum absolute atomic E-state index is 4.90. The third-order valence-electron chi connectivity index (χ3n) is 0.377. The fourth-order valence-electron chi connectivity index (χ4n) is 0.183. The van der Waals surface area contributed by atoms with E-state index in [9.17, 15) is 0 Å². The summed E-state index contributed by atoms with van der Waals surface area (Å²) in [6, 6.07) is 0. The van der Waals surface area contributed by atoms with Crippen molar-refractivity contribution in [3.05, 3.63) is 0 Å². The van der Waals surface area contributed by atoms with Crippen molar-refractivity contribution in [1.29, 1.82) is 0 Å². The maximum Gasteiger partial charge on any atom is 0.0618 e. The Kier molecular flexibility index (Phi) is 2.15. The normalized spacial score (nSPS) is 15.3. The van der Waals surface area contributed by atoms with Crippen molar-refractivity contribution in [2.24, 2.45) is 10.9 Å². The molecule has 0 aromatic carbocycles. The second-order valence-corrected chi connectivity index (χ2v) is 6.26. The van der Waals surface area contributed by atoms with E-state index >= 15 is 0 Å². The first kappa shape index (κ1) is 6.82. The molecule has 7 heavy (non-hydrogen) atoms. The van der Waals surface area contributed by atoms with Gasteiger partial charge >= 0.3 is 0 Å². The van der Waals surface area contributed by atoms with E-state index < -0.39 is 10.0 Å². The van der Waals surface area contributed by atoms with E-state index in [4.69, 9.17) is 5.84 Å². The summed E-state index contributed by atoms with van der Waals surface area (Å²) >= 11 is 0. The van der Waals surface area contributed by atoms with Crippen LogP contribution in [0.1, 0.15) is 0 Å². The van der Waals surface area contributed by atoms with E-state index in [2.05, 4.69) is 23.9 Å². The molecular weight excluding hydrogens is 108 g/mol. The Morgan fingerprint density at radius 1 is 1.43 bits per heavy atom. The first-order chi connectivity index (χ1) is 3.06. The van der Waals surface area contributed by atoms with Gasteiger partial charge in [-0.25, -0.2) is 10.0 Å². The molecule has 0 unspecified atom stereocenters. The van der Waals surface area contributed by atoms with Crippen LogP contribution in [0.5, 0.6) is 0 Å². The second kappa shape index (κ2) is 2.21. The zero-order chi connectivity index (χ0) is 5.91. The van der Waals surface area contributed by atoms with E-state index in [0.717, 1.165) is 0 Å². The van der Waals surface area contributed by atoms with Gasteiger partial charge in [-0.3, -0.25) is 0 Å². The molecule has 0 radical (unpaired) electrons. The average Bonchev–Trinajstić information content (AvgIpc) is 1.30.